The monoisotopic (exact) mass is 757 g/mol. The fraction of sp³-hybridized carbons (Fsp3) is 0.625. The molecule has 6 unspecified atom stereocenters. The van der Waals surface area contributed by atoms with Gasteiger partial charge >= 0.3 is 5.97 Å². The van der Waals surface area contributed by atoms with Gasteiger partial charge in [0.05, 0.1) is 15.5 Å². The zero-order chi connectivity index (χ0) is 30.9. The van der Waals surface area contributed by atoms with Crippen LogP contribution in [0.5, 0.6) is 0 Å². The molecule has 0 saturated carbocycles. The van der Waals surface area contributed by atoms with Gasteiger partial charge in [-0.1, -0.05) is 51.1 Å². The third-order valence-corrected chi connectivity index (χ3v) is 14.5. The zero-order valence-corrected chi connectivity index (χ0v) is 32.7. The second kappa shape index (κ2) is 30.6. The van der Waals surface area contributed by atoms with Crippen LogP contribution in [0, 0.1) is 29.6 Å². The Morgan fingerprint density at radius 3 is 2.39 bits per heavy atom. The zero-order valence-electron chi connectivity index (χ0n) is 23.9. The van der Waals surface area contributed by atoms with E-state index in [0.29, 0.717) is 18.8 Å². The van der Waals surface area contributed by atoms with Crippen LogP contribution in [0.4, 0.5) is 0 Å². The van der Waals surface area contributed by atoms with Gasteiger partial charge in [-0.2, -0.15) is 11.8 Å². The first-order valence-corrected chi connectivity index (χ1v) is 20.6. The van der Waals surface area contributed by atoms with Gasteiger partial charge in [0.2, 0.25) is 5.91 Å². The number of Topliss-reactive ketones (excluding diaryl/α,β-unsaturated/α-hetero) is 1. The van der Waals surface area contributed by atoms with Crippen LogP contribution < -0.4 is 16.1 Å². The van der Waals surface area contributed by atoms with Gasteiger partial charge in [0.15, 0.2) is 0 Å². The Kier molecular flexibility index (Phi) is 34.3. The number of carbonyl (C=O) groups is 4. The van der Waals surface area contributed by atoms with Crippen molar-refractivity contribution in [3.05, 3.63) is 5.73 Å². The van der Waals surface area contributed by atoms with Crippen molar-refractivity contribution in [3.8, 4) is 23.7 Å². The first-order chi connectivity index (χ1) is 18.9. The number of thioether (sulfide) groups is 1. The van der Waals surface area contributed by atoms with Gasteiger partial charge < -0.3 is 26.1 Å². The van der Waals surface area contributed by atoms with Gasteiger partial charge in [0.25, 0.3) is 0 Å². The van der Waals surface area contributed by atoms with Crippen LogP contribution in [0.15, 0.2) is 0 Å². The quantitative estimate of drug-likeness (QED) is 0.0771. The molecular formula is C24H41N4O6P5SY-2. The summed E-state index contributed by atoms with van der Waals surface area (Å²) in [6, 6.07) is -1.46. The maximum absolute atomic E-state index is 11.9. The van der Waals surface area contributed by atoms with Crippen molar-refractivity contribution in [2.45, 2.75) is 71.5 Å². The van der Waals surface area contributed by atoms with E-state index in [2.05, 4.69) is 61.4 Å². The van der Waals surface area contributed by atoms with Crippen molar-refractivity contribution in [2.75, 3.05) is 18.1 Å². The van der Waals surface area contributed by atoms with Gasteiger partial charge in [-0.05, 0) is 61.2 Å². The normalized spacial score (nSPS) is 14.0. The van der Waals surface area contributed by atoms with Crippen LogP contribution in [0.2, 0.25) is 0 Å². The Hall–Kier alpha value is 0.554. The van der Waals surface area contributed by atoms with Gasteiger partial charge in [0.1, 0.15) is 11.3 Å². The predicted molar refractivity (Wildman–Crippen MR) is 178 cm³/mol. The molecule has 1 radical (unpaired) electrons. The molecule has 0 bridgehead atoms. The maximum atomic E-state index is 11.9. The number of carbonyl (C=O) groups excluding carboxylic acids is 5. The molecule has 10 nitrogen and oxygen atoms in total. The number of ketones is 1. The third kappa shape index (κ3) is 27.8. The van der Waals surface area contributed by atoms with Crippen LogP contribution in [0.3, 0.4) is 0 Å². The average molecular weight is 757 g/mol. The minimum absolute atomic E-state index is 0. The molecule has 0 aromatic rings. The summed E-state index contributed by atoms with van der Waals surface area (Å²) in [5.41, 5.74) is 12.4. The fourth-order valence-corrected chi connectivity index (χ4v) is 10.7. The Balaban J connectivity index is -0.00000111. The number of hydrogen-bond acceptors (Lipinski definition) is 9. The van der Waals surface area contributed by atoms with Crippen LogP contribution in [0.25, 0.3) is 5.73 Å². The smallest absolute Gasteiger partial charge is 0.387 e. The number of hydrogen-bond donors (Lipinski definition) is 3. The SMILES string of the molecule is CC(=O)C(CCSCCC#CC#CC(=O)OP)NPP(P)PC(=O)[C@@H]([NH-])CC(N)=O.CCN[C@H]([C-]=O)[C@H](C)CC.[Y]. The molecule has 5 N–H and O–H groups in total. The van der Waals surface area contributed by atoms with Crippen molar-refractivity contribution in [3.63, 3.8) is 0 Å². The number of primary amides is 1. The number of nitrogens with two attached hydrogens (primary N) is 1. The molecule has 0 fully saturated rings. The van der Waals surface area contributed by atoms with Gasteiger partial charge in [-0.3, -0.25) is 19.5 Å². The van der Waals surface area contributed by atoms with Crippen molar-refractivity contribution < 1.29 is 61.2 Å². The topological polar surface area (TPSA) is 168 Å². The van der Waals surface area contributed by atoms with E-state index in [9.17, 15) is 24.0 Å². The molecule has 0 spiro atoms. The van der Waals surface area contributed by atoms with Gasteiger partial charge in [-0.25, -0.2) is 11.1 Å². The van der Waals surface area contributed by atoms with Crippen molar-refractivity contribution in [2.24, 2.45) is 11.7 Å². The number of rotatable bonds is 19. The summed E-state index contributed by atoms with van der Waals surface area (Å²) >= 11 is 1.67. The largest absolute Gasteiger partial charge is 0.668 e. The maximum Gasteiger partial charge on any atom is 0.387 e. The van der Waals surface area contributed by atoms with E-state index in [1.165, 1.54) is 6.92 Å². The molecule has 17 heteroatoms. The summed E-state index contributed by atoms with van der Waals surface area (Å²) in [6.07, 6.45) is 4.03. The second-order valence-electron chi connectivity index (χ2n) is 8.14. The average Bonchev–Trinajstić information content (AvgIpc) is 2.91. The summed E-state index contributed by atoms with van der Waals surface area (Å²) in [4.78, 5) is 55.7. The summed E-state index contributed by atoms with van der Waals surface area (Å²) in [5.74, 6) is 10.7. The minimum Gasteiger partial charge on any atom is -0.668 e. The standard InChI is InChI=1S/C16H25N3O5P5S.C8H16NO.Y/c1-11(20)13(7-9-30-8-5-3-2-4-6-15(22)24-25)19-28-29(26)27-16(23)12(17)10-14(18)21;1-4-7(3)8(6-10)9-5-2;/h12-13,17,19,27-28H,5,7-10,25-26H2,1H3,(H2,18,21);7-9H,4-5H2,1-3H3;/q2*-1;/t12-,13?,29?;7-,8-;/m01./s1. The third-order valence-electron chi connectivity index (χ3n) is 4.91. The molecule has 0 heterocycles. The fourth-order valence-electron chi connectivity index (χ4n) is 2.50. The van der Waals surface area contributed by atoms with E-state index < -0.39 is 24.9 Å². The van der Waals surface area contributed by atoms with E-state index in [4.69, 9.17) is 11.5 Å². The summed E-state index contributed by atoms with van der Waals surface area (Å²) in [6.45, 7) is 7.73. The Morgan fingerprint density at radius 2 is 1.88 bits per heavy atom. The summed E-state index contributed by atoms with van der Waals surface area (Å²) < 4.78 is 4.29. The number of likely N-dealkylation sites (N-methyl/N-ethyl adjacent to an activating group) is 1. The summed E-state index contributed by atoms with van der Waals surface area (Å²) in [5, 5.41) is 6.28. The minimum atomic E-state index is -1.11. The molecule has 1 amide bonds. The molecule has 0 aliphatic heterocycles. The molecular weight excluding hydrogens is 716 g/mol. The molecule has 0 aliphatic carbocycles. The van der Waals surface area contributed by atoms with E-state index in [1.807, 2.05) is 22.7 Å². The first kappa shape index (κ1) is 46.0. The Labute approximate surface area is 283 Å². The molecule has 0 aliphatic rings. The molecule has 0 saturated heterocycles. The van der Waals surface area contributed by atoms with Crippen molar-refractivity contribution in [1.82, 2.24) is 10.4 Å². The van der Waals surface area contributed by atoms with Crippen molar-refractivity contribution >= 4 is 83.3 Å². The van der Waals surface area contributed by atoms with Gasteiger partial charge in [0, 0.05) is 57.2 Å². The number of amides is 1. The second-order valence-corrected chi connectivity index (χ2v) is 21.8. The predicted octanol–water partition coefficient (Wildman–Crippen LogP) is 3.70. The van der Waals surface area contributed by atoms with Crippen LogP contribution >= 0.6 is 53.8 Å². The van der Waals surface area contributed by atoms with Crippen LogP contribution in [-0.2, 0) is 61.2 Å². The number of nitrogens with one attached hydrogen (secondary N) is 3. The molecule has 229 valence electrons. The van der Waals surface area contributed by atoms with Gasteiger partial charge in [-0.15, -0.1) is 8.93 Å². The van der Waals surface area contributed by atoms with E-state index in [1.54, 1.807) is 11.8 Å². The van der Waals surface area contributed by atoms with E-state index >= 15 is 0 Å². The van der Waals surface area contributed by atoms with E-state index in [-0.39, 0.29) is 79.2 Å². The molecule has 41 heavy (non-hydrogen) atoms. The van der Waals surface area contributed by atoms with Crippen LogP contribution in [0.1, 0.15) is 53.4 Å². The molecule has 0 aromatic heterocycles. The Morgan fingerprint density at radius 1 is 1.22 bits per heavy atom. The molecule has 0 aromatic carbocycles. The molecule has 9 atom stereocenters. The first-order valence-electron chi connectivity index (χ1n) is 12.4. The molecule has 0 rings (SSSR count). The van der Waals surface area contributed by atoms with E-state index in [0.717, 1.165) is 24.5 Å². The summed E-state index contributed by atoms with van der Waals surface area (Å²) in [7, 11) is 4.59. The van der Waals surface area contributed by atoms with Crippen LogP contribution in [-0.4, -0.2) is 65.6 Å². The Bertz CT molecular complexity index is 932. The van der Waals surface area contributed by atoms with Crippen molar-refractivity contribution in [1.29, 1.82) is 0 Å².